The predicted octanol–water partition coefficient (Wildman–Crippen LogP) is 2.22. The summed E-state index contributed by atoms with van der Waals surface area (Å²) in [5.41, 5.74) is 0.838. The van der Waals surface area contributed by atoms with Gasteiger partial charge < -0.3 is 15.0 Å². The number of aromatic nitrogens is 4. The molecule has 2 aliphatic carbocycles. The molecule has 170 valence electrons. The third kappa shape index (κ3) is 3.68. The number of aliphatic hydroxyl groups excluding tert-OH is 1. The number of hydrogen-bond donors (Lipinski definition) is 2. The van der Waals surface area contributed by atoms with E-state index in [0.29, 0.717) is 51.7 Å². The third-order valence-electron chi connectivity index (χ3n) is 7.86. The molecule has 32 heavy (non-hydrogen) atoms. The van der Waals surface area contributed by atoms with Crippen LogP contribution >= 0.6 is 11.6 Å². The molecule has 0 spiro atoms. The van der Waals surface area contributed by atoms with Crippen molar-refractivity contribution in [2.24, 2.45) is 17.8 Å². The van der Waals surface area contributed by atoms with Gasteiger partial charge in [-0.2, -0.15) is 0 Å². The number of aryl methyl sites for hydroxylation is 1. The summed E-state index contributed by atoms with van der Waals surface area (Å²) in [7, 11) is 0. The molecular weight excluding hydrogens is 448 g/mol. The van der Waals surface area contributed by atoms with Crippen LogP contribution in [0, 0.1) is 17.8 Å². The first kappa shape index (κ1) is 21.0. The number of nitrogens with one attached hydrogen (secondary N) is 1. The van der Waals surface area contributed by atoms with Gasteiger partial charge in [-0.15, -0.1) is 0 Å². The van der Waals surface area contributed by atoms with Gasteiger partial charge in [0.2, 0.25) is 4.90 Å². The maximum absolute atomic E-state index is 12.3. The topological polar surface area (TPSA) is 110 Å². The summed E-state index contributed by atoms with van der Waals surface area (Å²) >= 11 is 4.85. The van der Waals surface area contributed by atoms with Crippen LogP contribution in [-0.2, 0) is 17.6 Å². The fourth-order valence-electron chi connectivity index (χ4n) is 6.15. The fourth-order valence-corrected chi connectivity index (χ4v) is 7.57. The Morgan fingerprint density at radius 3 is 2.56 bits per heavy atom. The zero-order chi connectivity index (χ0) is 21.8. The van der Waals surface area contributed by atoms with Gasteiger partial charge in [0.1, 0.15) is 29.8 Å². The van der Waals surface area contributed by atoms with Gasteiger partial charge in [0, 0.05) is 49.8 Å². The lowest BCUT2D eigenvalue weighted by molar-refractivity contribution is -0.00501. The molecule has 5 unspecified atom stereocenters. The van der Waals surface area contributed by atoms with Crippen LogP contribution in [0.3, 0.4) is 0 Å². The van der Waals surface area contributed by atoms with Gasteiger partial charge in [0.25, 0.3) is 0 Å². The first-order valence-corrected chi connectivity index (χ1v) is 13.1. The van der Waals surface area contributed by atoms with Gasteiger partial charge in [-0.05, 0) is 48.7 Å². The smallest absolute Gasteiger partial charge is 0.216 e. The van der Waals surface area contributed by atoms with Crippen molar-refractivity contribution in [3.63, 3.8) is 0 Å². The predicted molar refractivity (Wildman–Crippen MR) is 121 cm³/mol. The number of anilines is 1. The molecule has 3 fully saturated rings. The van der Waals surface area contributed by atoms with E-state index in [-0.39, 0.29) is 5.92 Å². The van der Waals surface area contributed by atoms with E-state index in [4.69, 9.17) is 11.6 Å². The van der Waals surface area contributed by atoms with E-state index in [1.165, 1.54) is 6.33 Å². The van der Waals surface area contributed by atoms with E-state index in [1.807, 2.05) is 0 Å². The molecule has 2 N–H and O–H groups in total. The van der Waals surface area contributed by atoms with Crippen LogP contribution in [0.25, 0.3) is 0 Å². The first-order valence-electron chi connectivity index (χ1n) is 11.4. The maximum atomic E-state index is 12.3. The Hall–Kier alpha value is -1.52. The van der Waals surface area contributed by atoms with Crippen molar-refractivity contribution >= 4 is 28.6 Å². The number of likely N-dealkylation sites (tertiary alicyclic amines) is 1. The molecule has 4 aliphatic rings. The number of rotatable bonds is 5. The van der Waals surface area contributed by atoms with E-state index >= 15 is 0 Å². The SMILES string of the molecule is [O-][S@+]1CCc2ncnc(NC(O)C3CCC3N3CC4CC(c5ncc(Cl)cn5)CC4C3)c21. The second-order valence-electron chi connectivity index (χ2n) is 9.60. The summed E-state index contributed by atoms with van der Waals surface area (Å²) in [6, 6.07) is 0.383. The lowest BCUT2D eigenvalue weighted by Gasteiger charge is -2.45. The summed E-state index contributed by atoms with van der Waals surface area (Å²) in [6.45, 7) is 2.16. The molecule has 0 radical (unpaired) electrons. The standard InChI is InChI=1S/C22H27ClN6O2S/c23-15-7-24-20(25-8-15)12-5-13-9-29(10-14(13)6-12)18-2-1-16(18)22(30)28-21-19-17(26-11-27-21)3-4-32(19)31/h7-8,11-14,16,18,22,30H,1-6,9-10H2,(H,26,27,28)/t12?,13?,14?,16?,18?,22?,32-/m1/s1. The average Bonchev–Trinajstić information content (AvgIpc) is 3.42. The molecule has 0 aromatic carbocycles. The number of aliphatic hydroxyl groups is 1. The van der Waals surface area contributed by atoms with Gasteiger partial charge in [-0.1, -0.05) is 11.6 Å². The molecule has 10 heteroatoms. The molecule has 2 aliphatic heterocycles. The van der Waals surface area contributed by atoms with E-state index in [1.54, 1.807) is 12.4 Å². The van der Waals surface area contributed by atoms with E-state index in [2.05, 4.69) is 30.2 Å². The zero-order valence-corrected chi connectivity index (χ0v) is 19.3. The summed E-state index contributed by atoms with van der Waals surface area (Å²) in [5, 5.41) is 14.7. The van der Waals surface area contributed by atoms with Crippen molar-refractivity contribution in [2.75, 3.05) is 24.2 Å². The molecule has 8 nitrogen and oxygen atoms in total. The molecule has 4 heterocycles. The minimum Gasteiger partial charge on any atom is -0.611 e. The van der Waals surface area contributed by atoms with Crippen molar-refractivity contribution in [3.05, 3.63) is 35.3 Å². The second-order valence-corrected chi connectivity index (χ2v) is 11.5. The summed E-state index contributed by atoms with van der Waals surface area (Å²) < 4.78 is 12.3. The van der Waals surface area contributed by atoms with E-state index in [9.17, 15) is 9.66 Å². The van der Waals surface area contributed by atoms with Crippen LogP contribution in [0.4, 0.5) is 5.82 Å². The Labute approximate surface area is 195 Å². The molecule has 6 atom stereocenters. The number of halogens is 1. The fraction of sp³-hybridized carbons (Fsp3) is 0.636. The highest BCUT2D eigenvalue weighted by atomic mass is 35.5. The largest absolute Gasteiger partial charge is 0.611 e. The molecule has 0 bridgehead atoms. The van der Waals surface area contributed by atoms with Crippen LogP contribution in [0.5, 0.6) is 0 Å². The molecule has 6 rings (SSSR count). The highest BCUT2D eigenvalue weighted by Gasteiger charge is 2.48. The van der Waals surface area contributed by atoms with Crippen molar-refractivity contribution < 1.29 is 9.66 Å². The Morgan fingerprint density at radius 2 is 1.88 bits per heavy atom. The Morgan fingerprint density at radius 1 is 1.12 bits per heavy atom. The van der Waals surface area contributed by atoms with Crippen molar-refractivity contribution in [1.29, 1.82) is 0 Å². The first-order chi connectivity index (χ1) is 15.6. The lowest BCUT2D eigenvalue weighted by Crippen LogP contribution is -2.53. The van der Waals surface area contributed by atoms with Crippen LogP contribution in [0.15, 0.2) is 23.6 Å². The second kappa shape index (κ2) is 8.36. The number of fused-ring (bicyclic) bond motifs is 2. The normalized spacial score (nSPS) is 34.7. The Balaban J connectivity index is 1.08. The van der Waals surface area contributed by atoms with Crippen molar-refractivity contribution in [1.82, 2.24) is 24.8 Å². The van der Waals surface area contributed by atoms with Crippen LogP contribution in [0.1, 0.15) is 43.1 Å². The van der Waals surface area contributed by atoms with Gasteiger partial charge >= 0.3 is 0 Å². The van der Waals surface area contributed by atoms with E-state index in [0.717, 1.165) is 50.3 Å². The summed E-state index contributed by atoms with van der Waals surface area (Å²) in [5.74, 6) is 3.96. The van der Waals surface area contributed by atoms with Crippen LogP contribution < -0.4 is 5.32 Å². The number of hydrogen-bond acceptors (Lipinski definition) is 8. The third-order valence-corrected chi connectivity index (χ3v) is 9.52. The lowest BCUT2D eigenvalue weighted by atomic mass is 9.77. The van der Waals surface area contributed by atoms with Gasteiger partial charge in [0.15, 0.2) is 5.82 Å². The van der Waals surface area contributed by atoms with Crippen molar-refractivity contribution in [2.45, 2.75) is 55.2 Å². The molecule has 2 aromatic heterocycles. The molecule has 0 amide bonds. The van der Waals surface area contributed by atoms with Crippen LogP contribution in [-0.4, -0.2) is 65.6 Å². The summed E-state index contributed by atoms with van der Waals surface area (Å²) in [4.78, 5) is 20.7. The number of nitrogens with zero attached hydrogens (tertiary/aromatic N) is 5. The molecular formula is C22H27ClN6O2S. The zero-order valence-electron chi connectivity index (χ0n) is 17.7. The quantitative estimate of drug-likeness (QED) is 0.501. The van der Waals surface area contributed by atoms with Gasteiger partial charge in [0.05, 0.1) is 5.02 Å². The highest BCUT2D eigenvalue weighted by molar-refractivity contribution is 7.91. The minimum atomic E-state index is -1.08. The van der Waals surface area contributed by atoms with Gasteiger partial charge in [-0.25, -0.2) is 19.9 Å². The molecule has 2 aromatic rings. The Bertz CT molecular complexity index is 983. The molecule has 1 saturated heterocycles. The van der Waals surface area contributed by atoms with E-state index < -0.39 is 17.4 Å². The van der Waals surface area contributed by atoms with Crippen molar-refractivity contribution in [3.8, 4) is 0 Å². The Kier molecular flexibility index (Phi) is 5.50. The highest BCUT2D eigenvalue weighted by Crippen LogP contribution is 2.48. The maximum Gasteiger partial charge on any atom is 0.216 e. The van der Waals surface area contributed by atoms with Gasteiger partial charge in [-0.3, -0.25) is 4.90 Å². The minimum absolute atomic E-state index is 0.157. The molecule has 2 saturated carbocycles. The summed E-state index contributed by atoms with van der Waals surface area (Å²) in [6.07, 6.45) is 9.25. The van der Waals surface area contributed by atoms with Crippen LogP contribution in [0.2, 0.25) is 5.02 Å². The average molecular weight is 475 g/mol. The monoisotopic (exact) mass is 474 g/mol.